The van der Waals surface area contributed by atoms with Crippen LogP contribution >= 0.6 is 11.8 Å². The van der Waals surface area contributed by atoms with E-state index in [2.05, 4.69) is 10.3 Å². The molecule has 0 fully saturated rings. The van der Waals surface area contributed by atoms with Crippen LogP contribution in [0.25, 0.3) is 0 Å². The molecule has 4 heteroatoms. The summed E-state index contributed by atoms with van der Waals surface area (Å²) in [5.74, 6) is -0.0756. The quantitative estimate of drug-likeness (QED) is 0.857. The maximum Gasteiger partial charge on any atom is 0.251 e. The average Bonchev–Trinajstić information content (AvgIpc) is 2.46. The topological polar surface area (TPSA) is 42.0 Å². The van der Waals surface area contributed by atoms with Crippen molar-refractivity contribution in [1.29, 1.82) is 0 Å². The molecule has 0 radical (unpaired) electrons. The zero-order valence-corrected chi connectivity index (χ0v) is 10.9. The molecule has 0 aliphatic carbocycles. The van der Waals surface area contributed by atoms with Gasteiger partial charge >= 0.3 is 0 Å². The highest BCUT2D eigenvalue weighted by Crippen LogP contribution is 2.14. The molecule has 2 rings (SSSR count). The third-order valence-electron chi connectivity index (χ3n) is 2.51. The van der Waals surface area contributed by atoms with Crippen LogP contribution < -0.4 is 5.32 Å². The number of aromatic nitrogens is 1. The molecular formula is C14H14N2OS. The molecule has 1 aromatic heterocycles. The van der Waals surface area contributed by atoms with Crippen LogP contribution in [0.15, 0.2) is 53.6 Å². The van der Waals surface area contributed by atoms with Gasteiger partial charge in [-0.2, -0.15) is 0 Å². The van der Waals surface area contributed by atoms with E-state index in [4.69, 9.17) is 0 Å². The first-order chi connectivity index (χ1) is 8.79. The summed E-state index contributed by atoms with van der Waals surface area (Å²) in [7, 11) is 0. The summed E-state index contributed by atoms with van der Waals surface area (Å²) in [6.45, 7) is 0.448. The van der Waals surface area contributed by atoms with Gasteiger partial charge in [-0.25, -0.2) is 0 Å². The first-order valence-electron chi connectivity index (χ1n) is 5.62. The van der Waals surface area contributed by atoms with E-state index in [0.717, 1.165) is 10.6 Å². The summed E-state index contributed by atoms with van der Waals surface area (Å²) in [5.41, 5.74) is 1.52. The molecule has 2 aromatic rings. The van der Waals surface area contributed by atoms with Crippen LogP contribution in [0.3, 0.4) is 0 Å². The van der Waals surface area contributed by atoms with Crippen molar-refractivity contribution in [3.05, 3.63) is 59.9 Å². The van der Waals surface area contributed by atoms with E-state index in [0.29, 0.717) is 12.1 Å². The molecular weight excluding hydrogens is 244 g/mol. The Bertz CT molecular complexity index is 511. The lowest BCUT2D eigenvalue weighted by Gasteiger charge is -2.05. The maximum absolute atomic E-state index is 11.9. The van der Waals surface area contributed by atoms with Gasteiger partial charge in [-0.3, -0.25) is 9.78 Å². The Kier molecular flexibility index (Phi) is 4.36. The van der Waals surface area contributed by atoms with Crippen molar-refractivity contribution in [3.63, 3.8) is 0 Å². The lowest BCUT2D eigenvalue weighted by Crippen LogP contribution is -2.23. The molecule has 92 valence electrons. The molecule has 1 heterocycles. The number of carbonyl (C=O) groups is 1. The van der Waals surface area contributed by atoms with E-state index in [9.17, 15) is 4.79 Å². The molecule has 0 atom stereocenters. The highest BCUT2D eigenvalue weighted by atomic mass is 32.2. The minimum atomic E-state index is -0.0756. The molecule has 1 amide bonds. The molecule has 3 nitrogen and oxygen atoms in total. The number of carbonyl (C=O) groups excluding carboxylic acids is 1. The lowest BCUT2D eigenvalue weighted by molar-refractivity contribution is 0.0950. The number of hydrogen-bond acceptors (Lipinski definition) is 3. The van der Waals surface area contributed by atoms with E-state index in [1.807, 2.05) is 48.7 Å². The van der Waals surface area contributed by atoms with Crippen molar-refractivity contribution < 1.29 is 4.79 Å². The predicted octanol–water partition coefficient (Wildman–Crippen LogP) is 2.73. The van der Waals surface area contributed by atoms with Crippen molar-refractivity contribution in [2.45, 2.75) is 11.4 Å². The summed E-state index contributed by atoms with van der Waals surface area (Å²) in [6.07, 6.45) is 3.73. The van der Waals surface area contributed by atoms with Crippen LogP contribution in [0.5, 0.6) is 0 Å². The number of benzene rings is 1. The number of amides is 1. The largest absolute Gasteiger partial charge is 0.346 e. The summed E-state index contributed by atoms with van der Waals surface area (Å²) in [5, 5.41) is 2.84. The second-order valence-corrected chi connectivity index (χ2v) is 4.61. The van der Waals surface area contributed by atoms with Gasteiger partial charge < -0.3 is 5.32 Å². The zero-order chi connectivity index (χ0) is 12.8. The summed E-state index contributed by atoms with van der Waals surface area (Å²) in [4.78, 5) is 17.2. The van der Waals surface area contributed by atoms with Crippen LogP contribution in [-0.4, -0.2) is 17.1 Å². The van der Waals surface area contributed by atoms with Gasteiger partial charge in [0.25, 0.3) is 5.91 Å². The van der Waals surface area contributed by atoms with Gasteiger partial charge in [0.1, 0.15) is 0 Å². The molecule has 0 aliphatic heterocycles. The van der Waals surface area contributed by atoms with Gasteiger partial charge in [-0.05, 0) is 42.7 Å². The maximum atomic E-state index is 11.9. The Labute approximate surface area is 111 Å². The number of thioether (sulfide) groups is 1. The Morgan fingerprint density at radius 2 is 2.00 bits per heavy atom. The summed E-state index contributed by atoms with van der Waals surface area (Å²) >= 11 is 1.66. The van der Waals surface area contributed by atoms with Gasteiger partial charge in [0.05, 0.1) is 12.2 Å². The van der Waals surface area contributed by atoms with Crippen LogP contribution in [0, 0.1) is 0 Å². The summed E-state index contributed by atoms with van der Waals surface area (Å²) in [6, 6.07) is 13.2. The highest BCUT2D eigenvalue weighted by Gasteiger charge is 2.04. The number of rotatable bonds is 4. The minimum absolute atomic E-state index is 0.0756. The second-order valence-electron chi connectivity index (χ2n) is 3.73. The van der Waals surface area contributed by atoms with E-state index < -0.39 is 0 Å². The van der Waals surface area contributed by atoms with Gasteiger partial charge in [-0.15, -0.1) is 11.8 Å². The third kappa shape index (κ3) is 3.34. The SMILES string of the molecule is CSc1ccc(C(=O)NCc2ccccn2)cc1. The minimum Gasteiger partial charge on any atom is -0.346 e. The standard InChI is InChI=1S/C14H14N2OS/c1-18-13-7-5-11(6-8-13)14(17)16-10-12-4-2-3-9-15-12/h2-9H,10H2,1H3,(H,16,17). The Balaban J connectivity index is 1.95. The number of hydrogen-bond donors (Lipinski definition) is 1. The third-order valence-corrected chi connectivity index (χ3v) is 3.25. The molecule has 0 spiro atoms. The van der Waals surface area contributed by atoms with E-state index in [-0.39, 0.29) is 5.91 Å². The highest BCUT2D eigenvalue weighted by molar-refractivity contribution is 7.98. The van der Waals surface area contributed by atoms with Crippen molar-refractivity contribution in [1.82, 2.24) is 10.3 Å². The fourth-order valence-corrected chi connectivity index (χ4v) is 1.93. The molecule has 1 aromatic carbocycles. The van der Waals surface area contributed by atoms with Crippen LogP contribution in [0.4, 0.5) is 0 Å². The van der Waals surface area contributed by atoms with Crippen LogP contribution in [0.1, 0.15) is 16.1 Å². The molecule has 1 N–H and O–H groups in total. The molecule has 0 unspecified atom stereocenters. The monoisotopic (exact) mass is 258 g/mol. The smallest absolute Gasteiger partial charge is 0.251 e. The van der Waals surface area contributed by atoms with Crippen molar-refractivity contribution in [2.24, 2.45) is 0 Å². The van der Waals surface area contributed by atoms with Gasteiger partial charge in [0, 0.05) is 16.7 Å². The van der Waals surface area contributed by atoms with Crippen molar-refractivity contribution in [3.8, 4) is 0 Å². The molecule has 0 aliphatic rings. The van der Waals surface area contributed by atoms with E-state index in [1.165, 1.54) is 0 Å². The Morgan fingerprint density at radius 3 is 2.61 bits per heavy atom. The predicted molar refractivity (Wildman–Crippen MR) is 73.6 cm³/mol. The fourth-order valence-electron chi connectivity index (χ4n) is 1.52. The first kappa shape index (κ1) is 12.6. The normalized spacial score (nSPS) is 10.1. The Hall–Kier alpha value is -1.81. The number of nitrogens with zero attached hydrogens (tertiary/aromatic N) is 1. The van der Waals surface area contributed by atoms with Crippen molar-refractivity contribution >= 4 is 17.7 Å². The van der Waals surface area contributed by atoms with Crippen molar-refractivity contribution in [2.75, 3.05) is 6.26 Å². The fraction of sp³-hybridized carbons (Fsp3) is 0.143. The van der Waals surface area contributed by atoms with E-state index in [1.54, 1.807) is 18.0 Å². The van der Waals surface area contributed by atoms with Gasteiger partial charge in [0.2, 0.25) is 0 Å². The molecule has 0 bridgehead atoms. The molecule has 0 saturated heterocycles. The first-order valence-corrected chi connectivity index (χ1v) is 6.84. The van der Waals surface area contributed by atoms with Crippen LogP contribution in [0.2, 0.25) is 0 Å². The second kappa shape index (κ2) is 6.21. The molecule has 0 saturated carbocycles. The zero-order valence-electron chi connectivity index (χ0n) is 10.1. The molecule has 18 heavy (non-hydrogen) atoms. The van der Waals surface area contributed by atoms with Crippen LogP contribution in [-0.2, 0) is 6.54 Å². The van der Waals surface area contributed by atoms with E-state index >= 15 is 0 Å². The number of pyridine rings is 1. The average molecular weight is 258 g/mol. The Morgan fingerprint density at radius 1 is 1.22 bits per heavy atom. The summed E-state index contributed by atoms with van der Waals surface area (Å²) < 4.78 is 0. The van der Waals surface area contributed by atoms with Gasteiger partial charge in [0.15, 0.2) is 0 Å². The lowest BCUT2D eigenvalue weighted by atomic mass is 10.2. The van der Waals surface area contributed by atoms with Gasteiger partial charge in [-0.1, -0.05) is 6.07 Å². The number of nitrogens with one attached hydrogen (secondary N) is 1.